The van der Waals surface area contributed by atoms with Crippen molar-refractivity contribution in [3.05, 3.63) is 35.4 Å². The molecule has 1 aromatic rings. The first kappa shape index (κ1) is 12.2. The molecule has 0 aromatic heterocycles. The lowest BCUT2D eigenvalue weighted by Crippen LogP contribution is -2.37. The largest absolute Gasteiger partial charge is 0.307 e. The van der Waals surface area contributed by atoms with Crippen molar-refractivity contribution < 1.29 is 0 Å². The predicted octanol–water partition coefficient (Wildman–Crippen LogP) is 4.23. The maximum atomic E-state index is 3.91. The Bertz CT molecular complexity index is 411. The van der Waals surface area contributed by atoms with Crippen LogP contribution in [0.3, 0.4) is 0 Å². The first-order chi connectivity index (χ1) is 8.64. The van der Waals surface area contributed by atoms with E-state index in [9.17, 15) is 0 Å². The predicted molar refractivity (Wildman–Crippen MR) is 76.7 cm³/mol. The van der Waals surface area contributed by atoms with Crippen molar-refractivity contribution in [3.8, 4) is 0 Å². The Morgan fingerprint density at radius 2 is 1.78 bits per heavy atom. The van der Waals surface area contributed by atoms with E-state index < -0.39 is 0 Å². The Labute approximate surface area is 111 Å². The Balaban J connectivity index is 1.62. The highest BCUT2D eigenvalue weighted by Crippen LogP contribution is 2.37. The molecule has 18 heavy (non-hydrogen) atoms. The number of hydrogen-bond acceptors (Lipinski definition) is 1. The van der Waals surface area contributed by atoms with Crippen LogP contribution < -0.4 is 5.32 Å². The van der Waals surface area contributed by atoms with Gasteiger partial charge in [-0.05, 0) is 55.1 Å². The van der Waals surface area contributed by atoms with E-state index in [1.807, 2.05) is 0 Å². The summed E-state index contributed by atoms with van der Waals surface area (Å²) in [5.41, 5.74) is 3.69. The average Bonchev–Trinajstić information content (AvgIpc) is 2.76. The molecular weight excluding hydrogens is 218 g/mol. The quantitative estimate of drug-likeness (QED) is 0.819. The summed E-state index contributed by atoms with van der Waals surface area (Å²) in [6.07, 6.45) is 8.00. The standard InChI is InChI=1S/C17H25N/c1-17(2)11-9-14(10-12-17)18-16-8-7-13-5-3-4-6-15(13)16/h3-6,14,16,18H,7-12H2,1-2H3. The minimum Gasteiger partial charge on any atom is -0.307 e. The molecule has 0 heterocycles. The van der Waals surface area contributed by atoms with Gasteiger partial charge in [-0.2, -0.15) is 0 Å². The van der Waals surface area contributed by atoms with Gasteiger partial charge in [0.2, 0.25) is 0 Å². The molecule has 0 aliphatic heterocycles. The van der Waals surface area contributed by atoms with E-state index >= 15 is 0 Å². The summed E-state index contributed by atoms with van der Waals surface area (Å²) >= 11 is 0. The second-order valence-electron chi connectivity index (χ2n) is 6.90. The second kappa shape index (κ2) is 4.70. The number of benzene rings is 1. The monoisotopic (exact) mass is 243 g/mol. The highest BCUT2D eigenvalue weighted by molar-refractivity contribution is 5.34. The van der Waals surface area contributed by atoms with Gasteiger partial charge < -0.3 is 5.32 Å². The van der Waals surface area contributed by atoms with Gasteiger partial charge in [-0.1, -0.05) is 38.1 Å². The van der Waals surface area contributed by atoms with Crippen LogP contribution in [0.25, 0.3) is 0 Å². The minimum absolute atomic E-state index is 0.575. The minimum atomic E-state index is 0.575. The van der Waals surface area contributed by atoms with Crippen molar-refractivity contribution in [1.82, 2.24) is 5.32 Å². The normalized spacial score (nSPS) is 27.1. The molecule has 0 spiro atoms. The molecule has 1 aromatic carbocycles. The van der Waals surface area contributed by atoms with Gasteiger partial charge in [0.1, 0.15) is 0 Å². The molecule has 0 radical (unpaired) electrons. The molecule has 1 nitrogen and oxygen atoms in total. The summed E-state index contributed by atoms with van der Waals surface area (Å²) in [5, 5.41) is 3.91. The van der Waals surface area contributed by atoms with E-state index in [0.717, 1.165) is 6.04 Å². The van der Waals surface area contributed by atoms with Gasteiger partial charge in [0, 0.05) is 12.1 Å². The molecule has 98 valence electrons. The fraction of sp³-hybridized carbons (Fsp3) is 0.647. The zero-order valence-electron chi connectivity index (χ0n) is 11.7. The van der Waals surface area contributed by atoms with Crippen LogP contribution in [0, 0.1) is 5.41 Å². The number of aryl methyl sites for hydroxylation is 1. The Kier molecular flexibility index (Phi) is 3.19. The number of fused-ring (bicyclic) bond motifs is 1. The lowest BCUT2D eigenvalue weighted by molar-refractivity contribution is 0.198. The van der Waals surface area contributed by atoms with Crippen LogP contribution in [-0.4, -0.2) is 6.04 Å². The zero-order valence-corrected chi connectivity index (χ0v) is 11.7. The lowest BCUT2D eigenvalue weighted by Gasteiger charge is -2.36. The fourth-order valence-corrected chi connectivity index (χ4v) is 3.58. The first-order valence-electron chi connectivity index (χ1n) is 7.48. The third-order valence-corrected chi connectivity index (χ3v) is 4.91. The maximum Gasteiger partial charge on any atom is 0.0328 e. The van der Waals surface area contributed by atoms with E-state index in [1.54, 1.807) is 11.1 Å². The smallest absolute Gasteiger partial charge is 0.0328 e. The van der Waals surface area contributed by atoms with Crippen LogP contribution >= 0.6 is 0 Å². The van der Waals surface area contributed by atoms with Gasteiger partial charge in [0.15, 0.2) is 0 Å². The zero-order chi connectivity index (χ0) is 12.6. The third-order valence-electron chi connectivity index (χ3n) is 4.91. The van der Waals surface area contributed by atoms with Crippen LogP contribution in [-0.2, 0) is 6.42 Å². The number of hydrogen-bond donors (Lipinski definition) is 1. The Morgan fingerprint density at radius 3 is 2.56 bits per heavy atom. The molecule has 0 bridgehead atoms. The van der Waals surface area contributed by atoms with Crippen LogP contribution in [0.4, 0.5) is 0 Å². The van der Waals surface area contributed by atoms with E-state index in [2.05, 4.69) is 43.4 Å². The van der Waals surface area contributed by atoms with Crippen molar-refractivity contribution in [3.63, 3.8) is 0 Å². The van der Waals surface area contributed by atoms with Crippen LogP contribution in [0.5, 0.6) is 0 Å². The van der Waals surface area contributed by atoms with Crippen molar-refractivity contribution in [2.45, 2.75) is 64.5 Å². The highest BCUT2D eigenvalue weighted by atomic mass is 15.0. The first-order valence-corrected chi connectivity index (χ1v) is 7.48. The molecular formula is C17H25N. The highest BCUT2D eigenvalue weighted by Gasteiger charge is 2.30. The van der Waals surface area contributed by atoms with Crippen molar-refractivity contribution in [1.29, 1.82) is 0 Å². The summed E-state index contributed by atoms with van der Waals surface area (Å²) in [6.45, 7) is 4.82. The summed E-state index contributed by atoms with van der Waals surface area (Å²) in [6, 6.07) is 10.3. The van der Waals surface area contributed by atoms with E-state index in [1.165, 1.54) is 38.5 Å². The molecule has 1 atom stereocenters. The molecule has 2 aliphatic carbocycles. The van der Waals surface area contributed by atoms with Crippen molar-refractivity contribution in [2.24, 2.45) is 5.41 Å². The van der Waals surface area contributed by atoms with Crippen LogP contribution in [0.1, 0.15) is 63.1 Å². The van der Waals surface area contributed by atoms with Crippen LogP contribution in [0.2, 0.25) is 0 Å². The van der Waals surface area contributed by atoms with E-state index in [0.29, 0.717) is 11.5 Å². The molecule has 0 amide bonds. The molecule has 2 aliphatic rings. The van der Waals surface area contributed by atoms with Gasteiger partial charge in [-0.15, -0.1) is 0 Å². The van der Waals surface area contributed by atoms with Gasteiger partial charge in [0.05, 0.1) is 0 Å². The van der Waals surface area contributed by atoms with Crippen molar-refractivity contribution in [2.75, 3.05) is 0 Å². The summed E-state index contributed by atoms with van der Waals surface area (Å²) in [7, 11) is 0. The lowest BCUT2D eigenvalue weighted by atomic mass is 9.75. The fourth-order valence-electron chi connectivity index (χ4n) is 3.58. The molecule has 1 fully saturated rings. The third kappa shape index (κ3) is 2.47. The second-order valence-corrected chi connectivity index (χ2v) is 6.90. The van der Waals surface area contributed by atoms with Crippen LogP contribution in [0.15, 0.2) is 24.3 Å². The molecule has 0 saturated heterocycles. The van der Waals surface area contributed by atoms with Gasteiger partial charge in [-0.25, -0.2) is 0 Å². The summed E-state index contributed by atoms with van der Waals surface area (Å²) in [4.78, 5) is 0. The molecule has 3 rings (SSSR count). The Morgan fingerprint density at radius 1 is 1.06 bits per heavy atom. The van der Waals surface area contributed by atoms with E-state index in [-0.39, 0.29) is 0 Å². The topological polar surface area (TPSA) is 12.0 Å². The van der Waals surface area contributed by atoms with E-state index in [4.69, 9.17) is 0 Å². The summed E-state index contributed by atoms with van der Waals surface area (Å²) in [5.74, 6) is 0. The van der Waals surface area contributed by atoms with Gasteiger partial charge in [0.25, 0.3) is 0 Å². The molecule has 1 heteroatoms. The number of nitrogens with one attached hydrogen (secondary N) is 1. The molecule has 1 N–H and O–H groups in total. The Hall–Kier alpha value is -0.820. The number of rotatable bonds is 2. The molecule has 1 unspecified atom stereocenters. The average molecular weight is 243 g/mol. The summed E-state index contributed by atoms with van der Waals surface area (Å²) < 4.78 is 0. The van der Waals surface area contributed by atoms with Gasteiger partial charge in [-0.3, -0.25) is 0 Å². The van der Waals surface area contributed by atoms with Crippen molar-refractivity contribution >= 4 is 0 Å². The van der Waals surface area contributed by atoms with Gasteiger partial charge >= 0.3 is 0 Å². The molecule has 1 saturated carbocycles. The maximum absolute atomic E-state index is 3.91. The SMILES string of the molecule is CC1(C)CCC(NC2CCc3ccccc32)CC1.